The summed E-state index contributed by atoms with van der Waals surface area (Å²) in [6.45, 7) is 0. The molecule has 0 aliphatic rings. The number of hydrogen-bond donors (Lipinski definition) is 1. The van der Waals surface area contributed by atoms with Crippen molar-refractivity contribution in [3.63, 3.8) is 0 Å². The van der Waals surface area contributed by atoms with Crippen LogP contribution < -0.4 is 0 Å². The maximum atomic E-state index is 11.2. The lowest BCUT2D eigenvalue weighted by molar-refractivity contribution is 0.0688. The molecular weight excluding hydrogens is 272 g/mol. The molecule has 1 aromatic heterocycles. The molecule has 0 aliphatic heterocycles. The van der Waals surface area contributed by atoms with E-state index in [-0.39, 0.29) is 0 Å². The van der Waals surface area contributed by atoms with Crippen LogP contribution in [-0.2, 0) is 19.7 Å². The highest BCUT2D eigenvalue weighted by Gasteiger charge is 2.21. The second-order valence-electron chi connectivity index (χ2n) is 3.22. The van der Waals surface area contributed by atoms with E-state index in [1.165, 1.54) is 0 Å². The van der Waals surface area contributed by atoms with E-state index in [1.54, 1.807) is 0 Å². The standard InChI is InChI=1S/C7H8N2O6S2/c1-16(12,13)5-3-4(6(10)11)8-7(9-5)17(2,14)15/h3H,1-2H3,(H,10,11). The van der Waals surface area contributed by atoms with Crippen LogP contribution >= 0.6 is 0 Å². The van der Waals surface area contributed by atoms with Crippen molar-refractivity contribution in [1.82, 2.24) is 9.97 Å². The van der Waals surface area contributed by atoms with E-state index in [0.29, 0.717) is 6.07 Å². The van der Waals surface area contributed by atoms with Crippen LogP contribution in [0.15, 0.2) is 16.2 Å². The fourth-order valence-electron chi connectivity index (χ4n) is 0.869. The third-order valence-corrected chi connectivity index (χ3v) is 3.43. The smallest absolute Gasteiger partial charge is 0.354 e. The highest BCUT2D eigenvalue weighted by Crippen LogP contribution is 2.11. The van der Waals surface area contributed by atoms with Crippen LogP contribution in [0.2, 0.25) is 0 Å². The number of carboxylic acids is 1. The molecule has 0 radical (unpaired) electrons. The Hall–Kier alpha value is -1.55. The second kappa shape index (κ2) is 4.04. The SMILES string of the molecule is CS(=O)(=O)c1cc(C(=O)O)nc(S(C)(=O)=O)n1. The van der Waals surface area contributed by atoms with Crippen molar-refractivity contribution in [3.8, 4) is 0 Å². The molecule has 0 saturated carbocycles. The molecule has 94 valence electrons. The Balaban J connectivity index is 3.68. The van der Waals surface area contributed by atoms with E-state index in [1.807, 2.05) is 0 Å². The summed E-state index contributed by atoms with van der Waals surface area (Å²) in [5.74, 6) is -1.54. The summed E-state index contributed by atoms with van der Waals surface area (Å²) in [6.07, 6.45) is 1.53. The largest absolute Gasteiger partial charge is 0.477 e. The number of aromatic carboxylic acids is 1. The summed E-state index contributed by atoms with van der Waals surface area (Å²) in [7, 11) is -7.71. The molecule has 0 atom stereocenters. The van der Waals surface area contributed by atoms with Gasteiger partial charge >= 0.3 is 5.97 Å². The number of hydrogen-bond acceptors (Lipinski definition) is 7. The van der Waals surface area contributed by atoms with Crippen molar-refractivity contribution in [1.29, 1.82) is 0 Å². The molecule has 8 nitrogen and oxygen atoms in total. The predicted molar refractivity (Wildman–Crippen MR) is 55.2 cm³/mol. The molecule has 0 bridgehead atoms. The van der Waals surface area contributed by atoms with E-state index in [0.717, 1.165) is 12.5 Å². The Morgan fingerprint density at radius 2 is 1.65 bits per heavy atom. The lowest BCUT2D eigenvalue weighted by atomic mass is 10.4. The minimum absolute atomic E-state index is 0.648. The average molecular weight is 280 g/mol. The molecule has 0 spiro atoms. The van der Waals surface area contributed by atoms with Crippen molar-refractivity contribution in [2.24, 2.45) is 0 Å². The van der Waals surface area contributed by atoms with E-state index in [2.05, 4.69) is 9.97 Å². The van der Waals surface area contributed by atoms with Gasteiger partial charge in [-0.3, -0.25) is 0 Å². The van der Waals surface area contributed by atoms with Gasteiger partial charge in [-0.25, -0.2) is 31.6 Å². The Morgan fingerprint density at radius 1 is 1.12 bits per heavy atom. The maximum Gasteiger partial charge on any atom is 0.354 e. The molecule has 0 fully saturated rings. The Kier molecular flexibility index (Phi) is 3.21. The molecule has 1 aromatic rings. The average Bonchev–Trinajstić information content (AvgIpc) is 2.14. The maximum absolute atomic E-state index is 11.2. The first kappa shape index (κ1) is 13.5. The van der Waals surface area contributed by atoms with Crippen LogP contribution in [0.1, 0.15) is 10.5 Å². The predicted octanol–water partition coefficient (Wildman–Crippen LogP) is -1.02. The fraction of sp³-hybridized carbons (Fsp3) is 0.286. The van der Waals surface area contributed by atoms with Gasteiger partial charge in [0, 0.05) is 18.6 Å². The van der Waals surface area contributed by atoms with Crippen LogP contribution in [0.25, 0.3) is 0 Å². The van der Waals surface area contributed by atoms with Gasteiger partial charge in [0.1, 0.15) is 0 Å². The van der Waals surface area contributed by atoms with Gasteiger partial charge in [-0.05, 0) is 0 Å². The normalized spacial score (nSPS) is 12.4. The monoisotopic (exact) mass is 280 g/mol. The first-order valence-corrected chi connectivity index (χ1v) is 7.82. The second-order valence-corrected chi connectivity index (χ2v) is 7.10. The van der Waals surface area contributed by atoms with Gasteiger partial charge < -0.3 is 5.11 Å². The summed E-state index contributed by atoms with van der Waals surface area (Å²) in [6, 6.07) is 0.701. The lowest BCUT2D eigenvalue weighted by Gasteiger charge is -2.02. The first-order valence-electron chi connectivity index (χ1n) is 4.04. The molecule has 0 unspecified atom stereocenters. The molecule has 0 aromatic carbocycles. The summed E-state index contributed by atoms with van der Waals surface area (Å²) in [5.41, 5.74) is -0.694. The van der Waals surface area contributed by atoms with Crippen LogP contribution in [0.3, 0.4) is 0 Å². The van der Waals surface area contributed by atoms with Gasteiger partial charge in [0.25, 0.3) is 0 Å². The molecule has 10 heteroatoms. The van der Waals surface area contributed by atoms with Crippen LogP contribution in [0.4, 0.5) is 0 Å². The fourth-order valence-corrected chi connectivity index (χ4v) is 2.03. The summed E-state index contributed by atoms with van der Waals surface area (Å²) < 4.78 is 44.8. The van der Waals surface area contributed by atoms with Crippen molar-refractivity contribution in [2.45, 2.75) is 10.2 Å². The van der Waals surface area contributed by atoms with Crippen molar-refractivity contribution >= 4 is 25.6 Å². The Labute approximate surface area is 97.2 Å². The van der Waals surface area contributed by atoms with E-state index in [4.69, 9.17) is 5.11 Å². The Morgan fingerprint density at radius 3 is 2.00 bits per heavy atom. The molecule has 1 rings (SSSR count). The lowest BCUT2D eigenvalue weighted by Crippen LogP contribution is -2.13. The van der Waals surface area contributed by atoms with Crippen molar-refractivity contribution in [3.05, 3.63) is 11.8 Å². The van der Waals surface area contributed by atoms with Gasteiger partial charge in [-0.1, -0.05) is 0 Å². The third kappa shape index (κ3) is 3.20. The first-order chi connectivity index (χ1) is 7.51. The van der Waals surface area contributed by atoms with Crippen molar-refractivity contribution < 1.29 is 26.7 Å². The molecule has 0 amide bonds. The third-order valence-electron chi connectivity index (χ3n) is 1.61. The quantitative estimate of drug-likeness (QED) is 0.549. The van der Waals surface area contributed by atoms with Gasteiger partial charge in [-0.2, -0.15) is 0 Å². The number of nitrogens with zero attached hydrogens (tertiary/aromatic N) is 2. The number of aromatic nitrogens is 2. The minimum Gasteiger partial charge on any atom is -0.477 e. The molecule has 0 aliphatic carbocycles. The van der Waals surface area contributed by atoms with Gasteiger partial charge in [0.2, 0.25) is 15.0 Å². The summed E-state index contributed by atoms with van der Waals surface area (Å²) in [4.78, 5) is 17.2. The highest BCUT2D eigenvalue weighted by molar-refractivity contribution is 7.91. The zero-order valence-electron chi connectivity index (χ0n) is 8.78. The molecular formula is C7H8N2O6S2. The van der Waals surface area contributed by atoms with Crippen LogP contribution in [0.5, 0.6) is 0 Å². The zero-order chi connectivity index (χ0) is 13.4. The summed E-state index contributed by atoms with van der Waals surface area (Å²) in [5, 5.41) is 7.20. The van der Waals surface area contributed by atoms with Gasteiger partial charge in [0.15, 0.2) is 20.6 Å². The van der Waals surface area contributed by atoms with E-state index >= 15 is 0 Å². The highest BCUT2D eigenvalue weighted by atomic mass is 32.2. The number of sulfone groups is 2. The minimum atomic E-state index is -3.89. The van der Waals surface area contributed by atoms with Crippen molar-refractivity contribution in [2.75, 3.05) is 12.5 Å². The topological polar surface area (TPSA) is 131 Å². The zero-order valence-corrected chi connectivity index (χ0v) is 10.4. The van der Waals surface area contributed by atoms with Crippen LogP contribution in [-0.4, -0.2) is 50.4 Å². The summed E-state index contributed by atoms with van der Waals surface area (Å²) >= 11 is 0. The van der Waals surface area contributed by atoms with E-state index in [9.17, 15) is 21.6 Å². The molecule has 0 saturated heterocycles. The van der Waals surface area contributed by atoms with E-state index < -0.39 is 41.5 Å². The number of rotatable bonds is 3. The molecule has 17 heavy (non-hydrogen) atoms. The number of carboxylic acid groups (broad SMARTS) is 1. The van der Waals surface area contributed by atoms with Gasteiger partial charge in [-0.15, -0.1) is 0 Å². The van der Waals surface area contributed by atoms with Crippen LogP contribution in [0, 0.1) is 0 Å². The molecule has 1 heterocycles. The molecule has 1 N–H and O–H groups in total. The number of carbonyl (C=O) groups is 1. The Bertz CT molecular complexity index is 626. The van der Waals surface area contributed by atoms with Gasteiger partial charge in [0.05, 0.1) is 0 Å².